The molecule has 3 N–H and O–H groups in total. The van der Waals surface area contributed by atoms with Gasteiger partial charge in [0.05, 0.1) is 12.1 Å². The summed E-state index contributed by atoms with van der Waals surface area (Å²) in [6.07, 6.45) is 0.549. The molecule has 0 radical (unpaired) electrons. The van der Waals surface area contributed by atoms with Gasteiger partial charge < -0.3 is 11.1 Å². The van der Waals surface area contributed by atoms with Crippen LogP contribution in [0.3, 0.4) is 0 Å². The smallest absolute Gasteiger partial charge is 0.237 e. The second-order valence-corrected chi connectivity index (χ2v) is 5.38. The van der Waals surface area contributed by atoms with Crippen molar-refractivity contribution >= 4 is 5.91 Å². The molecule has 0 saturated heterocycles. The van der Waals surface area contributed by atoms with Crippen LogP contribution >= 0.6 is 0 Å². The molecule has 2 rings (SSSR count). The van der Waals surface area contributed by atoms with Crippen molar-refractivity contribution in [2.75, 3.05) is 0 Å². The molecule has 3 heteroatoms. The van der Waals surface area contributed by atoms with Crippen molar-refractivity contribution in [2.24, 2.45) is 5.73 Å². The van der Waals surface area contributed by atoms with Crippen molar-refractivity contribution in [3.8, 4) is 0 Å². The summed E-state index contributed by atoms with van der Waals surface area (Å²) in [7, 11) is 0. The summed E-state index contributed by atoms with van der Waals surface area (Å²) < 4.78 is 0. The molecular formula is C18H22N2O. The third-order valence-corrected chi connectivity index (χ3v) is 3.65. The Balaban J connectivity index is 1.96. The number of nitrogens with two attached hydrogens (primary N) is 1. The Bertz CT molecular complexity index is 595. The van der Waals surface area contributed by atoms with Gasteiger partial charge in [0.25, 0.3) is 0 Å². The minimum atomic E-state index is -0.529. The normalized spacial score (nSPS) is 13.5. The van der Waals surface area contributed by atoms with E-state index in [0.717, 1.165) is 11.1 Å². The molecule has 21 heavy (non-hydrogen) atoms. The molecule has 2 aromatic rings. The van der Waals surface area contributed by atoms with Crippen LogP contribution in [0.4, 0.5) is 0 Å². The van der Waals surface area contributed by atoms with Crippen LogP contribution in [0.5, 0.6) is 0 Å². The Morgan fingerprint density at radius 3 is 2.38 bits per heavy atom. The Morgan fingerprint density at radius 2 is 1.71 bits per heavy atom. The summed E-state index contributed by atoms with van der Waals surface area (Å²) in [6, 6.07) is 17.3. The molecule has 0 heterocycles. The molecule has 1 unspecified atom stereocenters. The minimum Gasteiger partial charge on any atom is -0.348 e. The molecule has 3 nitrogen and oxygen atoms in total. The third kappa shape index (κ3) is 4.17. The van der Waals surface area contributed by atoms with Gasteiger partial charge in [0.2, 0.25) is 5.91 Å². The first-order valence-corrected chi connectivity index (χ1v) is 7.23. The van der Waals surface area contributed by atoms with Gasteiger partial charge in [-0.05, 0) is 37.0 Å². The topological polar surface area (TPSA) is 55.1 Å². The van der Waals surface area contributed by atoms with E-state index in [0.29, 0.717) is 6.42 Å². The Labute approximate surface area is 126 Å². The van der Waals surface area contributed by atoms with E-state index in [4.69, 9.17) is 5.73 Å². The maximum absolute atomic E-state index is 12.2. The first-order valence-electron chi connectivity index (χ1n) is 7.23. The third-order valence-electron chi connectivity index (χ3n) is 3.65. The lowest BCUT2D eigenvalue weighted by molar-refractivity contribution is -0.123. The Morgan fingerprint density at radius 1 is 1.10 bits per heavy atom. The predicted molar refractivity (Wildman–Crippen MR) is 85.9 cm³/mol. The molecule has 0 saturated carbocycles. The zero-order chi connectivity index (χ0) is 15.2. The molecule has 2 atom stereocenters. The van der Waals surface area contributed by atoms with E-state index < -0.39 is 6.04 Å². The number of benzene rings is 2. The summed E-state index contributed by atoms with van der Waals surface area (Å²) >= 11 is 0. The summed E-state index contributed by atoms with van der Waals surface area (Å²) in [4.78, 5) is 12.2. The van der Waals surface area contributed by atoms with Crippen LogP contribution in [-0.4, -0.2) is 11.9 Å². The first kappa shape index (κ1) is 15.3. The maximum Gasteiger partial charge on any atom is 0.237 e. The summed E-state index contributed by atoms with van der Waals surface area (Å²) in [6.45, 7) is 4.03. The van der Waals surface area contributed by atoms with E-state index in [2.05, 4.69) is 5.32 Å². The number of carbonyl (C=O) groups excluding carboxylic acids is 1. The number of nitrogens with one attached hydrogen (secondary N) is 1. The number of amides is 1. The average Bonchev–Trinajstić information content (AvgIpc) is 2.48. The molecule has 0 fully saturated rings. The van der Waals surface area contributed by atoms with Crippen LogP contribution in [0.2, 0.25) is 0 Å². The highest BCUT2D eigenvalue weighted by Gasteiger charge is 2.17. The van der Waals surface area contributed by atoms with E-state index in [9.17, 15) is 4.79 Å². The van der Waals surface area contributed by atoms with Crippen molar-refractivity contribution in [2.45, 2.75) is 32.4 Å². The van der Waals surface area contributed by atoms with Crippen molar-refractivity contribution in [3.05, 3.63) is 71.3 Å². The fraction of sp³-hybridized carbons (Fsp3) is 0.278. The summed E-state index contributed by atoms with van der Waals surface area (Å²) in [5.74, 6) is -0.116. The average molecular weight is 282 g/mol. The van der Waals surface area contributed by atoms with E-state index in [-0.39, 0.29) is 11.9 Å². The Kier molecular flexibility index (Phi) is 5.12. The van der Waals surface area contributed by atoms with Crippen LogP contribution in [0, 0.1) is 6.92 Å². The SMILES string of the molecule is Cc1ccccc1[C@H](C)NC(=O)C(N)Cc1ccccc1. The largest absolute Gasteiger partial charge is 0.348 e. The minimum absolute atomic E-state index is 0.0412. The lowest BCUT2D eigenvalue weighted by Gasteiger charge is -2.19. The highest BCUT2D eigenvalue weighted by Crippen LogP contribution is 2.16. The molecule has 0 aliphatic rings. The summed E-state index contributed by atoms with van der Waals surface area (Å²) in [5.41, 5.74) is 9.37. The predicted octanol–water partition coefficient (Wildman–Crippen LogP) is 2.74. The number of hydrogen-bond acceptors (Lipinski definition) is 2. The Hall–Kier alpha value is -2.13. The van der Waals surface area contributed by atoms with Crippen molar-refractivity contribution in [3.63, 3.8) is 0 Å². The molecule has 0 aliphatic carbocycles. The number of rotatable bonds is 5. The number of aryl methyl sites for hydroxylation is 1. The fourth-order valence-corrected chi connectivity index (χ4v) is 2.43. The first-order chi connectivity index (χ1) is 10.1. The molecule has 0 aromatic heterocycles. The van der Waals surface area contributed by atoms with Gasteiger partial charge in [-0.15, -0.1) is 0 Å². The van der Waals surface area contributed by atoms with Crippen LogP contribution in [0.25, 0.3) is 0 Å². The van der Waals surface area contributed by atoms with Crippen LogP contribution in [0.1, 0.15) is 29.7 Å². The van der Waals surface area contributed by atoms with E-state index >= 15 is 0 Å². The molecule has 0 aliphatic heterocycles. The second kappa shape index (κ2) is 7.04. The van der Waals surface area contributed by atoms with Gasteiger partial charge in [-0.3, -0.25) is 4.79 Å². The van der Waals surface area contributed by atoms with Gasteiger partial charge in [-0.2, -0.15) is 0 Å². The standard InChI is InChI=1S/C18H22N2O/c1-13-8-6-7-11-16(13)14(2)20-18(21)17(19)12-15-9-4-3-5-10-15/h3-11,14,17H,12,19H2,1-2H3,(H,20,21)/t14-,17?/m0/s1. The highest BCUT2D eigenvalue weighted by atomic mass is 16.2. The van der Waals surface area contributed by atoms with Gasteiger partial charge in [0.15, 0.2) is 0 Å². The van der Waals surface area contributed by atoms with E-state index in [1.165, 1.54) is 5.56 Å². The summed E-state index contributed by atoms with van der Waals surface area (Å²) in [5, 5.41) is 2.99. The van der Waals surface area contributed by atoms with Gasteiger partial charge in [0, 0.05) is 0 Å². The van der Waals surface area contributed by atoms with Crippen LogP contribution in [0.15, 0.2) is 54.6 Å². The number of carbonyl (C=O) groups is 1. The van der Waals surface area contributed by atoms with Crippen LogP contribution in [-0.2, 0) is 11.2 Å². The molecule has 2 aromatic carbocycles. The van der Waals surface area contributed by atoms with Gasteiger partial charge >= 0.3 is 0 Å². The lowest BCUT2D eigenvalue weighted by atomic mass is 10.0. The zero-order valence-corrected chi connectivity index (χ0v) is 12.5. The van der Waals surface area contributed by atoms with Crippen LogP contribution < -0.4 is 11.1 Å². The van der Waals surface area contributed by atoms with Crippen molar-refractivity contribution in [1.29, 1.82) is 0 Å². The maximum atomic E-state index is 12.2. The van der Waals surface area contributed by atoms with Gasteiger partial charge in [-0.25, -0.2) is 0 Å². The van der Waals surface area contributed by atoms with E-state index in [1.807, 2.05) is 68.4 Å². The number of hydrogen-bond donors (Lipinski definition) is 2. The van der Waals surface area contributed by atoms with E-state index in [1.54, 1.807) is 0 Å². The zero-order valence-electron chi connectivity index (χ0n) is 12.5. The molecule has 110 valence electrons. The highest BCUT2D eigenvalue weighted by molar-refractivity contribution is 5.82. The van der Waals surface area contributed by atoms with Crippen molar-refractivity contribution < 1.29 is 4.79 Å². The lowest BCUT2D eigenvalue weighted by Crippen LogP contribution is -2.43. The second-order valence-electron chi connectivity index (χ2n) is 5.38. The van der Waals surface area contributed by atoms with Gasteiger partial charge in [0.1, 0.15) is 0 Å². The monoisotopic (exact) mass is 282 g/mol. The molecule has 0 spiro atoms. The van der Waals surface area contributed by atoms with Crippen molar-refractivity contribution in [1.82, 2.24) is 5.32 Å². The fourth-order valence-electron chi connectivity index (χ4n) is 2.43. The molecular weight excluding hydrogens is 260 g/mol. The van der Waals surface area contributed by atoms with Gasteiger partial charge in [-0.1, -0.05) is 54.6 Å². The molecule has 0 bridgehead atoms. The molecule has 1 amide bonds. The quantitative estimate of drug-likeness (QED) is 0.886.